The molecule has 0 N–H and O–H groups in total. The summed E-state index contributed by atoms with van der Waals surface area (Å²) in [5.41, 5.74) is 0. The molecule has 1 fully saturated rings. The van der Waals surface area contributed by atoms with E-state index >= 15 is 0 Å². The third-order valence-electron chi connectivity index (χ3n) is 3.23. The number of rotatable bonds is 3. The number of aromatic nitrogens is 3. The summed E-state index contributed by atoms with van der Waals surface area (Å²) in [6.07, 6.45) is 5.00. The largest absolute Gasteiger partial charge is 0.320 e. The smallest absolute Gasteiger partial charge is 0.146 e. The third-order valence-corrected chi connectivity index (χ3v) is 3.23. The van der Waals surface area contributed by atoms with Crippen LogP contribution in [-0.4, -0.2) is 38.0 Å². The maximum absolute atomic E-state index is 11.5. The van der Waals surface area contributed by atoms with E-state index < -0.39 is 0 Å². The van der Waals surface area contributed by atoms with E-state index in [0.717, 1.165) is 31.8 Å². The number of ketones is 1. The number of carbonyl (C=O) groups is 1. The fourth-order valence-electron chi connectivity index (χ4n) is 2.27. The lowest BCUT2D eigenvalue weighted by Gasteiger charge is -2.33. The highest BCUT2D eigenvalue weighted by atomic mass is 16.1. The highest BCUT2D eigenvalue weighted by molar-refractivity contribution is 5.81. The molecule has 88 valence electrons. The standard InChI is InChI=1S/C11H18N4O/c1-9(16)10-5-3-4-6-15(10)7-11-13-12-8-14(11)2/h8,10H,3-7H2,1-2H3. The van der Waals surface area contributed by atoms with Gasteiger partial charge in [-0.1, -0.05) is 6.42 Å². The molecule has 16 heavy (non-hydrogen) atoms. The summed E-state index contributed by atoms with van der Waals surface area (Å²) in [6.45, 7) is 3.39. The van der Waals surface area contributed by atoms with Crippen molar-refractivity contribution in [1.29, 1.82) is 0 Å². The fraction of sp³-hybridized carbons (Fsp3) is 0.727. The molecule has 2 rings (SSSR count). The number of aryl methyl sites for hydroxylation is 1. The van der Waals surface area contributed by atoms with Gasteiger partial charge in [-0.3, -0.25) is 9.69 Å². The van der Waals surface area contributed by atoms with Gasteiger partial charge in [-0.05, 0) is 26.3 Å². The van der Waals surface area contributed by atoms with E-state index in [1.807, 2.05) is 11.6 Å². The summed E-state index contributed by atoms with van der Waals surface area (Å²) in [6, 6.07) is 0.0745. The Balaban J connectivity index is 2.07. The van der Waals surface area contributed by atoms with Gasteiger partial charge in [0.2, 0.25) is 0 Å². The Morgan fingerprint density at radius 2 is 2.38 bits per heavy atom. The Morgan fingerprint density at radius 3 is 3.00 bits per heavy atom. The molecule has 0 aliphatic carbocycles. The quantitative estimate of drug-likeness (QED) is 0.757. The highest BCUT2D eigenvalue weighted by Gasteiger charge is 2.26. The summed E-state index contributed by atoms with van der Waals surface area (Å²) in [5.74, 6) is 1.19. The molecule has 0 saturated carbocycles. The first-order chi connectivity index (χ1) is 7.68. The van der Waals surface area contributed by atoms with Crippen molar-refractivity contribution in [2.24, 2.45) is 7.05 Å². The van der Waals surface area contributed by atoms with Gasteiger partial charge in [-0.15, -0.1) is 10.2 Å². The Morgan fingerprint density at radius 1 is 1.56 bits per heavy atom. The van der Waals surface area contributed by atoms with E-state index in [-0.39, 0.29) is 11.8 Å². The molecule has 5 nitrogen and oxygen atoms in total. The average molecular weight is 222 g/mol. The number of likely N-dealkylation sites (tertiary alicyclic amines) is 1. The van der Waals surface area contributed by atoms with Crippen molar-refractivity contribution in [3.8, 4) is 0 Å². The lowest BCUT2D eigenvalue weighted by atomic mass is 9.99. The van der Waals surface area contributed by atoms with Crippen LogP contribution in [0.15, 0.2) is 6.33 Å². The second kappa shape index (κ2) is 4.74. The Bertz CT molecular complexity index is 374. The van der Waals surface area contributed by atoms with Crippen molar-refractivity contribution >= 4 is 5.78 Å². The predicted molar refractivity (Wildman–Crippen MR) is 59.7 cm³/mol. The van der Waals surface area contributed by atoms with Crippen LogP contribution in [0.5, 0.6) is 0 Å². The zero-order chi connectivity index (χ0) is 11.5. The molecular formula is C11H18N4O. The second-order valence-electron chi connectivity index (χ2n) is 4.45. The number of piperidine rings is 1. The summed E-state index contributed by atoms with van der Waals surface area (Å²) in [4.78, 5) is 13.8. The number of nitrogens with zero attached hydrogens (tertiary/aromatic N) is 4. The van der Waals surface area contributed by atoms with Crippen LogP contribution in [0, 0.1) is 0 Å². The van der Waals surface area contributed by atoms with Crippen molar-refractivity contribution < 1.29 is 4.79 Å². The number of carbonyl (C=O) groups excluding carboxylic acids is 1. The van der Waals surface area contributed by atoms with E-state index in [0.29, 0.717) is 0 Å². The molecule has 5 heteroatoms. The Labute approximate surface area is 95.5 Å². The minimum absolute atomic E-state index is 0.0745. The van der Waals surface area contributed by atoms with Gasteiger partial charge in [-0.2, -0.15) is 0 Å². The van der Waals surface area contributed by atoms with Crippen LogP contribution in [0.25, 0.3) is 0 Å². The van der Waals surface area contributed by atoms with Crippen LogP contribution >= 0.6 is 0 Å². The summed E-state index contributed by atoms with van der Waals surface area (Å²) < 4.78 is 1.91. The number of hydrogen-bond donors (Lipinski definition) is 0. The fourth-order valence-corrected chi connectivity index (χ4v) is 2.27. The second-order valence-corrected chi connectivity index (χ2v) is 4.45. The van der Waals surface area contributed by atoms with Crippen molar-refractivity contribution in [3.05, 3.63) is 12.2 Å². The van der Waals surface area contributed by atoms with Gasteiger partial charge in [-0.25, -0.2) is 0 Å². The first-order valence-electron chi connectivity index (χ1n) is 5.76. The molecule has 1 aromatic rings. The molecule has 0 radical (unpaired) electrons. The summed E-state index contributed by atoms with van der Waals surface area (Å²) in [5, 5.41) is 7.92. The monoisotopic (exact) mass is 222 g/mol. The zero-order valence-corrected chi connectivity index (χ0v) is 9.89. The van der Waals surface area contributed by atoms with Crippen molar-refractivity contribution in [1.82, 2.24) is 19.7 Å². The zero-order valence-electron chi connectivity index (χ0n) is 9.89. The van der Waals surface area contributed by atoms with Crippen LogP contribution in [0.2, 0.25) is 0 Å². The maximum Gasteiger partial charge on any atom is 0.146 e. The molecule has 2 heterocycles. The lowest BCUT2D eigenvalue weighted by molar-refractivity contribution is -0.123. The molecular weight excluding hydrogens is 204 g/mol. The van der Waals surface area contributed by atoms with E-state index in [2.05, 4.69) is 15.1 Å². The maximum atomic E-state index is 11.5. The van der Waals surface area contributed by atoms with Gasteiger partial charge in [0.25, 0.3) is 0 Å². The minimum Gasteiger partial charge on any atom is -0.320 e. The van der Waals surface area contributed by atoms with Gasteiger partial charge in [0.1, 0.15) is 17.9 Å². The molecule has 1 unspecified atom stereocenters. The van der Waals surface area contributed by atoms with Crippen LogP contribution in [0.4, 0.5) is 0 Å². The van der Waals surface area contributed by atoms with Crippen LogP contribution in [0.1, 0.15) is 32.0 Å². The van der Waals surface area contributed by atoms with Crippen molar-refractivity contribution in [2.45, 2.75) is 38.8 Å². The lowest BCUT2D eigenvalue weighted by Crippen LogP contribution is -2.43. The van der Waals surface area contributed by atoms with Crippen LogP contribution in [0.3, 0.4) is 0 Å². The van der Waals surface area contributed by atoms with E-state index in [4.69, 9.17) is 0 Å². The molecule has 1 aliphatic rings. The SMILES string of the molecule is CC(=O)C1CCCCN1Cc1nncn1C. The minimum atomic E-state index is 0.0745. The average Bonchev–Trinajstić information content (AvgIpc) is 2.65. The summed E-state index contributed by atoms with van der Waals surface area (Å²) >= 11 is 0. The molecule has 0 bridgehead atoms. The van der Waals surface area contributed by atoms with Crippen molar-refractivity contribution in [2.75, 3.05) is 6.54 Å². The molecule has 1 aromatic heterocycles. The highest BCUT2D eigenvalue weighted by Crippen LogP contribution is 2.19. The van der Waals surface area contributed by atoms with Crippen LogP contribution in [-0.2, 0) is 18.4 Å². The topological polar surface area (TPSA) is 51.0 Å². The van der Waals surface area contributed by atoms with Crippen molar-refractivity contribution in [3.63, 3.8) is 0 Å². The first-order valence-corrected chi connectivity index (χ1v) is 5.76. The normalized spacial score (nSPS) is 22.2. The molecule has 1 aliphatic heterocycles. The van der Waals surface area contributed by atoms with E-state index in [1.165, 1.54) is 6.42 Å². The van der Waals surface area contributed by atoms with Gasteiger partial charge < -0.3 is 4.57 Å². The molecule has 0 amide bonds. The van der Waals surface area contributed by atoms with Crippen LogP contribution < -0.4 is 0 Å². The van der Waals surface area contributed by atoms with Gasteiger partial charge in [0.05, 0.1) is 12.6 Å². The Hall–Kier alpha value is -1.23. The number of Topliss-reactive ketones (excluding diaryl/α,β-unsaturated/α-hetero) is 1. The summed E-state index contributed by atoms with van der Waals surface area (Å²) in [7, 11) is 1.93. The molecule has 0 aromatic carbocycles. The first kappa shape index (κ1) is 11.3. The van der Waals surface area contributed by atoms with Gasteiger partial charge in [0.15, 0.2) is 0 Å². The van der Waals surface area contributed by atoms with Gasteiger partial charge >= 0.3 is 0 Å². The Kier molecular flexibility index (Phi) is 3.33. The number of hydrogen-bond acceptors (Lipinski definition) is 4. The van der Waals surface area contributed by atoms with E-state index in [9.17, 15) is 4.79 Å². The molecule has 1 saturated heterocycles. The molecule has 0 spiro atoms. The predicted octanol–water partition coefficient (Wildman–Crippen LogP) is 0.759. The molecule has 1 atom stereocenters. The third kappa shape index (κ3) is 2.29. The van der Waals surface area contributed by atoms with Gasteiger partial charge in [0, 0.05) is 7.05 Å². The van der Waals surface area contributed by atoms with E-state index in [1.54, 1.807) is 13.3 Å².